The summed E-state index contributed by atoms with van der Waals surface area (Å²) in [5.41, 5.74) is 1.05. The van der Waals surface area contributed by atoms with Gasteiger partial charge in [0.2, 0.25) is 0 Å². The normalized spacial score (nSPS) is 21.8. The number of thiophene rings is 1. The molecule has 2 atom stereocenters. The Hall–Kier alpha value is -2.15. The number of aliphatic hydroxyl groups is 1. The number of aliphatic hydroxyl groups excluding tert-OH is 1. The van der Waals surface area contributed by atoms with E-state index in [0.29, 0.717) is 30.9 Å². The maximum Gasteiger partial charge on any atom is 0.338 e. The zero-order valence-corrected chi connectivity index (χ0v) is 20.4. The smallest absolute Gasteiger partial charge is 0.338 e. The number of esters is 1. The minimum Gasteiger partial charge on any atom is -0.512 e. The molecule has 1 fully saturated rings. The first kappa shape index (κ1) is 24.0. The van der Waals surface area contributed by atoms with Crippen molar-refractivity contribution in [1.29, 1.82) is 0 Å². The summed E-state index contributed by atoms with van der Waals surface area (Å²) in [6.45, 7) is 2.82. The van der Waals surface area contributed by atoms with Crippen molar-refractivity contribution in [3.05, 3.63) is 69.1 Å². The molecule has 2 heterocycles. The Kier molecular flexibility index (Phi) is 7.89. The van der Waals surface area contributed by atoms with Crippen LogP contribution in [0.1, 0.15) is 66.7 Å². The molecule has 6 heteroatoms. The van der Waals surface area contributed by atoms with Gasteiger partial charge in [-0.3, -0.25) is 0 Å². The Labute approximate surface area is 200 Å². The van der Waals surface area contributed by atoms with Crippen molar-refractivity contribution in [3.63, 3.8) is 0 Å². The molecule has 1 aromatic carbocycles. The van der Waals surface area contributed by atoms with Gasteiger partial charge in [0.15, 0.2) is 0 Å². The fraction of sp³-hybridized carbons (Fsp3) is 0.519. The molecule has 0 amide bonds. The van der Waals surface area contributed by atoms with E-state index in [0.717, 1.165) is 41.9 Å². The average Bonchev–Trinajstić information content (AvgIpc) is 3.53. The molecule has 178 valence electrons. The van der Waals surface area contributed by atoms with Gasteiger partial charge in [-0.25, -0.2) is 4.79 Å². The van der Waals surface area contributed by atoms with Crippen molar-refractivity contribution in [2.24, 2.45) is 5.92 Å². The minimum absolute atomic E-state index is 0.104. The molecule has 0 spiro atoms. The third-order valence-corrected chi connectivity index (χ3v) is 7.73. The van der Waals surface area contributed by atoms with Crippen LogP contribution in [0.3, 0.4) is 0 Å². The highest BCUT2D eigenvalue weighted by Gasteiger charge is 2.47. The molecule has 5 nitrogen and oxygen atoms in total. The van der Waals surface area contributed by atoms with E-state index in [1.54, 1.807) is 18.4 Å². The summed E-state index contributed by atoms with van der Waals surface area (Å²) in [6.07, 6.45) is 5.70. The van der Waals surface area contributed by atoms with E-state index >= 15 is 0 Å². The van der Waals surface area contributed by atoms with Crippen LogP contribution in [-0.2, 0) is 32.0 Å². The van der Waals surface area contributed by atoms with Gasteiger partial charge < -0.3 is 19.3 Å². The van der Waals surface area contributed by atoms with Gasteiger partial charge >= 0.3 is 5.97 Å². The lowest BCUT2D eigenvalue weighted by Crippen LogP contribution is -2.41. The number of ether oxygens (including phenoxy) is 3. The van der Waals surface area contributed by atoms with Gasteiger partial charge in [0.25, 0.3) is 0 Å². The van der Waals surface area contributed by atoms with E-state index in [1.807, 2.05) is 24.3 Å². The third-order valence-electron chi connectivity index (χ3n) is 6.59. The van der Waals surface area contributed by atoms with Gasteiger partial charge in [0.05, 0.1) is 12.2 Å². The highest BCUT2D eigenvalue weighted by molar-refractivity contribution is 7.12. The van der Waals surface area contributed by atoms with Crippen LogP contribution < -0.4 is 0 Å². The quantitative estimate of drug-likeness (QED) is 0.224. The summed E-state index contributed by atoms with van der Waals surface area (Å²) in [5, 5.41) is 11.2. The van der Waals surface area contributed by atoms with Crippen LogP contribution in [0.15, 0.2) is 53.8 Å². The van der Waals surface area contributed by atoms with Gasteiger partial charge in [0.1, 0.15) is 18.2 Å². The molecule has 33 heavy (non-hydrogen) atoms. The van der Waals surface area contributed by atoms with E-state index < -0.39 is 5.60 Å². The Morgan fingerprint density at radius 1 is 1.18 bits per heavy atom. The number of methoxy groups -OCH3 is 1. The van der Waals surface area contributed by atoms with Crippen molar-refractivity contribution >= 4 is 17.3 Å². The maximum atomic E-state index is 13.4. The fourth-order valence-corrected chi connectivity index (χ4v) is 6.05. The molecule has 1 saturated carbocycles. The van der Waals surface area contributed by atoms with E-state index in [4.69, 9.17) is 14.2 Å². The number of rotatable bonds is 12. The zero-order valence-electron chi connectivity index (χ0n) is 19.5. The average molecular weight is 471 g/mol. The first-order chi connectivity index (χ1) is 16.0. The van der Waals surface area contributed by atoms with Crippen LogP contribution in [0.25, 0.3) is 0 Å². The molecule has 2 aliphatic rings. The summed E-state index contributed by atoms with van der Waals surface area (Å²) in [4.78, 5) is 15.6. The van der Waals surface area contributed by atoms with Gasteiger partial charge in [-0.2, -0.15) is 0 Å². The lowest BCUT2D eigenvalue weighted by Gasteiger charge is -2.38. The van der Waals surface area contributed by atoms with E-state index in [9.17, 15) is 9.90 Å². The number of cyclic esters (lactones) is 1. The van der Waals surface area contributed by atoms with Crippen molar-refractivity contribution in [2.75, 3.05) is 13.9 Å². The molecule has 0 radical (unpaired) electrons. The van der Waals surface area contributed by atoms with Crippen LogP contribution in [0.2, 0.25) is 0 Å². The maximum absolute atomic E-state index is 13.4. The molecule has 1 aliphatic heterocycles. The lowest BCUT2D eigenvalue weighted by molar-refractivity contribution is -0.161. The predicted octanol–water partition coefficient (Wildman–Crippen LogP) is 6.29. The Morgan fingerprint density at radius 2 is 1.97 bits per heavy atom. The number of aryl methyl sites for hydroxylation is 1. The first-order valence-corrected chi connectivity index (χ1v) is 12.7. The SMILES string of the molecule is CCCC1(CCc2ccccc2)CC(O)=C(C(c2ccc(COCOC)s2)C2CC2)C(=O)O1. The molecule has 0 saturated heterocycles. The molecule has 2 unspecified atom stereocenters. The van der Waals surface area contributed by atoms with Gasteiger partial charge in [-0.15, -0.1) is 11.3 Å². The van der Waals surface area contributed by atoms with Crippen molar-refractivity contribution in [3.8, 4) is 0 Å². The third kappa shape index (κ3) is 5.86. The standard InChI is InChI=1S/C27H34O5S/c1-3-14-27(15-13-19-7-5-4-6-8-19)16-22(28)25(26(29)32-27)24(20-9-10-20)23-12-11-21(33-23)17-31-18-30-2/h4-8,11-12,20,24,28H,3,9-10,13-18H2,1-2H3. The predicted molar refractivity (Wildman–Crippen MR) is 129 cm³/mol. The Morgan fingerprint density at radius 3 is 2.64 bits per heavy atom. The Bertz CT molecular complexity index is 962. The van der Waals surface area contributed by atoms with E-state index in [2.05, 4.69) is 25.1 Å². The number of hydrogen-bond acceptors (Lipinski definition) is 6. The Balaban J connectivity index is 1.55. The molecule has 1 aliphatic carbocycles. The van der Waals surface area contributed by atoms with Crippen LogP contribution in [0.5, 0.6) is 0 Å². The van der Waals surface area contributed by atoms with Crippen molar-refractivity contribution < 1.29 is 24.1 Å². The number of benzene rings is 1. The number of carbonyl (C=O) groups excluding carboxylic acids is 1. The summed E-state index contributed by atoms with van der Waals surface area (Å²) in [7, 11) is 1.60. The van der Waals surface area contributed by atoms with Gasteiger partial charge in [0, 0.05) is 29.2 Å². The van der Waals surface area contributed by atoms with Gasteiger partial charge in [-0.1, -0.05) is 43.7 Å². The second-order valence-corrected chi connectivity index (χ2v) is 10.4. The topological polar surface area (TPSA) is 65.0 Å². The molecule has 2 aromatic rings. The second kappa shape index (κ2) is 10.9. The first-order valence-electron chi connectivity index (χ1n) is 11.9. The van der Waals surface area contributed by atoms with Crippen LogP contribution in [0, 0.1) is 5.92 Å². The molecule has 0 bridgehead atoms. The summed E-state index contributed by atoms with van der Waals surface area (Å²) in [6, 6.07) is 14.4. The zero-order chi connectivity index (χ0) is 23.3. The molecular formula is C27H34O5S. The highest BCUT2D eigenvalue weighted by Crippen LogP contribution is 2.51. The van der Waals surface area contributed by atoms with Crippen molar-refractivity contribution in [2.45, 2.75) is 70.0 Å². The van der Waals surface area contributed by atoms with Gasteiger partial charge in [-0.05, 0) is 55.7 Å². The monoisotopic (exact) mass is 470 g/mol. The van der Waals surface area contributed by atoms with Crippen LogP contribution >= 0.6 is 11.3 Å². The fourth-order valence-electron chi connectivity index (χ4n) is 4.89. The molecule has 1 aromatic heterocycles. The highest BCUT2D eigenvalue weighted by atomic mass is 32.1. The molecular weight excluding hydrogens is 436 g/mol. The minimum atomic E-state index is -0.641. The van der Waals surface area contributed by atoms with Crippen LogP contribution in [-0.4, -0.2) is 30.6 Å². The number of carbonyl (C=O) groups is 1. The van der Waals surface area contributed by atoms with E-state index in [-0.39, 0.29) is 24.4 Å². The second-order valence-electron chi connectivity index (χ2n) is 9.22. The molecule has 4 rings (SSSR count). The summed E-state index contributed by atoms with van der Waals surface area (Å²) in [5.74, 6) is 0.148. The molecule has 1 N–H and O–H groups in total. The van der Waals surface area contributed by atoms with E-state index in [1.165, 1.54) is 5.56 Å². The largest absolute Gasteiger partial charge is 0.512 e. The summed E-state index contributed by atoms with van der Waals surface area (Å²) < 4.78 is 16.6. The lowest BCUT2D eigenvalue weighted by atomic mass is 9.80. The van der Waals surface area contributed by atoms with Crippen LogP contribution in [0.4, 0.5) is 0 Å². The number of hydrogen-bond donors (Lipinski definition) is 1. The van der Waals surface area contributed by atoms with Crippen molar-refractivity contribution in [1.82, 2.24) is 0 Å². The summed E-state index contributed by atoms with van der Waals surface area (Å²) >= 11 is 1.64.